The number of thiazole rings is 2. The molecule has 0 bridgehead atoms. The van der Waals surface area contributed by atoms with Crippen LogP contribution in [0.3, 0.4) is 0 Å². The molecular weight excluding hydrogens is 573 g/mol. The summed E-state index contributed by atoms with van der Waals surface area (Å²) in [6, 6.07) is 52.2. The number of fused-ring (bicyclic) bond motifs is 4. The summed E-state index contributed by atoms with van der Waals surface area (Å²) in [5, 5.41) is 7.07. The average Bonchev–Trinajstić information content (AvgIpc) is 3.72. The van der Waals surface area contributed by atoms with Crippen molar-refractivity contribution in [3.63, 3.8) is 0 Å². The van der Waals surface area contributed by atoms with E-state index in [1.807, 2.05) is 0 Å². The molecule has 0 aliphatic carbocycles. The van der Waals surface area contributed by atoms with Crippen LogP contribution in [0.15, 0.2) is 146 Å². The Balaban J connectivity index is 1.26. The second-order valence-electron chi connectivity index (χ2n) is 11.0. The summed E-state index contributed by atoms with van der Waals surface area (Å²) in [4.78, 5) is 9.91. The highest BCUT2D eigenvalue weighted by Crippen LogP contribution is 2.45. The van der Waals surface area contributed by atoms with Crippen LogP contribution >= 0.6 is 22.7 Å². The van der Waals surface area contributed by atoms with E-state index in [2.05, 4.69) is 146 Å². The van der Waals surface area contributed by atoms with Crippen LogP contribution in [0.5, 0.6) is 0 Å². The molecule has 0 atom stereocenters. The highest BCUT2D eigenvalue weighted by atomic mass is 32.1. The molecule has 2 aromatic heterocycles. The third-order valence-corrected chi connectivity index (χ3v) is 10.5. The molecule has 0 spiro atoms. The van der Waals surface area contributed by atoms with Crippen molar-refractivity contribution in [3.05, 3.63) is 146 Å². The van der Waals surface area contributed by atoms with E-state index in [1.165, 1.54) is 53.2 Å². The first-order valence-electron chi connectivity index (χ1n) is 14.7. The molecule has 0 N–H and O–H groups in total. The zero-order valence-electron chi connectivity index (χ0n) is 23.6. The minimum Gasteiger partial charge on any atom is -0.236 e. The molecule has 2 nitrogen and oxygen atoms in total. The molecule has 2 heterocycles. The fourth-order valence-corrected chi connectivity index (χ4v) is 8.28. The molecule has 0 aliphatic heterocycles. The van der Waals surface area contributed by atoms with Crippen LogP contribution in [0, 0.1) is 0 Å². The number of benzene rings is 7. The standard InChI is InChI=1S/C40H24N2S2/c1-2-16-30-29(15-1)37(25-11-9-13-27(23-25)39-41-33-19-5-7-21-35(33)43-39)31-17-3-4-18-32(31)38(30)26-12-10-14-28(24-26)40-42-34-20-6-8-22-36(34)44-40/h1-24H. The number of hydrogen-bond acceptors (Lipinski definition) is 4. The van der Waals surface area contributed by atoms with E-state index in [4.69, 9.17) is 9.97 Å². The van der Waals surface area contributed by atoms with E-state index < -0.39 is 0 Å². The maximum Gasteiger partial charge on any atom is 0.124 e. The summed E-state index contributed by atoms with van der Waals surface area (Å²) in [7, 11) is 0. The van der Waals surface area contributed by atoms with Gasteiger partial charge in [-0.2, -0.15) is 0 Å². The van der Waals surface area contributed by atoms with Crippen LogP contribution in [0.1, 0.15) is 0 Å². The van der Waals surface area contributed by atoms with Gasteiger partial charge in [-0.25, -0.2) is 9.97 Å². The number of nitrogens with zero attached hydrogens (tertiary/aromatic N) is 2. The predicted octanol–water partition coefficient (Wildman–Crippen LogP) is 11.9. The first kappa shape index (κ1) is 25.3. The molecule has 7 aromatic carbocycles. The molecule has 0 saturated heterocycles. The van der Waals surface area contributed by atoms with Gasteiger partial charge in [0.1, 0.15) is 10.0 Å². The van der Waals surface area contributed by atoms with Crippen molar-refractivity contribution in [2.75, 3.05) is 0 Å². The lowest BCUT2D eigenvalue weighted by Gasteiger charge is -2.18. The van der Waals surface area contributed by atoms with Gasteiger partial charge in [0.05, 0.1) is 20.4 Å². The van der Waals surface area contributed by atoms with Crippen molar-refractivity contribution >= 4 is 64.7 Å². The molecule has 0 radical (unpaired) electrons. The number of para-hydroxylation sites is 2. The summed E-state index contributed by atoms with van der Waals surface area (Å²) in [6.45, 7) is 0. The Labute approximate surface area is 262 Å². The Morgan fingerprint density at radius 1 is 0.341 bits per heavy atom. The lowest BCUT2D eigenvalue weighted by molar-refractivity contribution is 1.48. The molecule has 9 rings (SSSR count). The average molecular weight is 597 g/mol. The normalized spacial score (nSPS) is 11.6. The maximum absolute atomic E-state index is 4.96. The Hall–Kier alpha value is -5.16. The quantitative estimate of drug-likeness (QED) is 0.189. The second kappa shape index (κ2) is 10.2. The predicted molar refractivity (Wildman–Crippen MR) is 190 cm³/mol. The van der Waals surface area contributed by atoms with Crippen LogP contribution in [-0.4, -0.2) is 9.97 Å². The summed E-state index contributed by atoms with van der Waals surface area (Å²) in [6.07, 6.45) is 0. The van der Waals surface area contributed by atoms with Gasteiger partial charge >= 0.3 is 0 Å². The summed E-state index contributed by atoms with van der Waals surface area (Å²) >= 11 is 3.49. The maximum atomic E-state index is 4.96. The third-order valence-electron chi connectivity index (χ3n) is 8.32. The Kier molecular flexibility index (Phi) is 5.90. The van der Waals surface area contributed by atoms with Crippen molar-refractivity contribution in [2.24, 2.45) is 0 Å². The lowest BCUT2D eigenvalue weighted by Crippen LogP contribution is -1.91. The molecular formula is C40H24N2S2. The zero-order chi connectivity index (χ0) is 29.0. The summed E-state index contributed by atoms with van der Waals surface area (Å²) in [5.41, 5.74) is 9.29. The molecule has 0 saturated carbocycles. The van der Waals surface area contributed by atoms with Gasteiger partial charge in [0.2, 0.25) is 0 Å². The van der Waals surface area contributed by atoms with Crippen LogP contribution in [0.25, 0.3) is 85.4 Å². The number of hydrogen-bond donors (Lipinski definition) is 0. The van der Waals surface area contributed by atoms with Crippen LogP contribution in [0.4, 0.5) is 0 Å². The van der Waals surface area contributed by atoms with Crippen LogP contribution in [-0.2, 0) is 0 Å². The molecule has 9 aromatic rings. The van der Waals surface area contributed by atoms with Gasteiger partial charge in [-0.05, 0) is 80.2 Å². The van der Waals surface area contributed by atoms with Gasteiger partial charge in [-0.3, -0.25) is 0 Å². The van der Waals surface area contributed by atoms with Crippen molar-refractivity contribution in [2.45, 2.75) is 0 Å². The molecule has 0 amide bonds. The fraction of sp³-hybridized carbons (Fsp3) is 0. The minimum absolute atomic E-state index is 1.05. The molecule has 0 fully saturated rings. The third kappa shape index (κ3) is 4.15. The zero-order valence-corrected chi connectivity index (χ0v) is 25.2. The van der Waals surface area contributed by atoms with Crippen molar-refractivity contribution < 1.29 is 0 Å². The van der Waals surface area contributed by atoms with E-state index in [0.29, 0.717) is 0 Å². The molecule has 0 aliphatic rings. The van der Waals surface area contributed by atoms with E-state index >= 15 is 0 Å². The molecule has 206 valence electrons. The molecule has 44 heavy (non-hydrogen) atoms. The van der Waals surface area contributed by atoms with Gasteiger partial charge in [0.25, 0.3) is 0 Å². The fourth-order valence-electron chi connectivity index (χ4n) is 6.36. The highest BCUT2D eigenvalue weighted by molar-refractivity contribution is 7.22. The number of rotatable bonds is 4. The Morgan fingerprint density at radius 2 is 0.705 bits per heavy atom. The first-order valence-corrected chi connectivity index (χ1v) is 16.3. The summed E-state index contributed by atoms with van der Waals surface area (Å²) in [5.74, 6) is 0. The second-order valence-corrected chi connectivity index (χ2v) is 13.0. The van der Waals surface area contributed by atoms with Gasteiger partial charge in [0, 0.05) is 11.1 Å². The molecule has 4 heteroatoms. The van der Waals surface area contributed by atoms with Crippen molar-refractivity contribution in [1.82, 2.24) is 9.97 Å². The van der Waals surface area contributed by atoms with Gasteiger partial charge in [-0.15, -0.1) is 22.7 Å². The SMILES string of the molecule is c1cc(-c2nc3ccccc3s2)cc(-c2c3ccccc3c(-c3cccc(-c4nc5ccccc5s4)c3)c3ccccc23)c1. The van der Waals surface area contributed by atoms with E-state index in [1.54, 1.807) is 22.7 Å². The summed E-state index contributed by atoms with van der Waals surface area (Å²) < 4.78 is 2.42. The van der Waals surface area contributed by atoms with Crippen molar-refractivity contribution in [1.29, 1.82) is 0 Å². The van der Waals surface area contributed by atoms with Gasteiger partial charge in [0.15, 0.2) is 0 Å². The smallest absolute Gasteiger partial charge is 0.124 e. The first-order chi connectivity index (χ1) is 21.8. The lowest BCUT2D eigenvalue weighted by atomic mass is 9.85. The van der Waals surface area contributed by atoms with E-state index in [-0.39, 0.29) is 0 Å². The van der Waals surface area contributed by atoms with Crippen molar-refractivity contribution in [3.8, 4) is 43.4 Å². The van der Waals surface area contributed by atoms with E-state index in [9.17, 15) is 0 Å². The molecule has 0 unspecified atom stereocenters. The number of aromatic nitrogens is 2. The van der Waals surface area contributed by atoms with Gasteiger partial charge < -0.3 is 0 Å². The Bertz CT molecular complexity index is 2220. The monoisotopic (exact) mass is 596 g/mol. The highest BCUT2D eigenvalue weighted by Gasteiger charge is 2.18. The van der Waals surface area contributed by atoms with Crippen LogP contribution < -0.4 is 0 Å². The largest absolute Gasteiger partial charge is 0.236 e. The Morgan fingerprint density at radius 3 is 1.11 bits per heavy atom. The minimum atomic E-state index is 1.05. The topological polar surface area (TPSA) is 25.8 Å². The van der Waals surface area contributed by atoms with Gasteiger partial charge in [-0.1, -0.05) is 109 Å². The van der Waals surface area contributed by atoms with Crippen LogP contribution in [0.2, 0.25) is 0 Å². The van der Waals surface area contributed by atoms with E-state index in [0.717, 1.165) is 32.2 Å².